The van der Waals surface area contributed by atoms with Crippen LogP contribution < -0.4 is 20.3 Å². The third kappa shape index (κ3) is 3.29. The molecule has 33 heavy (non-hydrogen) atoms. The molecule has 0 spiro atoms. The second-order valence-corrected chi connectivity index (χ2v) is 8.34. The van der Waals surface area contributed by atoms with E-state index in [4.69, 9.17) is 14.5 Å². The minimum atomic E-state index is -0.164. The summed E-state index contributed by atoms with van der Waals surface area (Å²) >= 11 is 0. The summed E-state index contributed by atoms with van der Waals surface area (Å²) in [6.07, 6.45) is 2.02. The molecule has 4 heterocycles. The number of benzene rings is 2. The first kappa shape index (κ1) is 19.4. The molecule has 164 valence electrons. The Hall–Kier alpha value is -4.26. The van der Waals surface area contributed by atoms with E-state index in [9.17, 15) is 4.79 Å². The van der Waals surface area contributed by atoms with E-state index < -0.39 is 0 Å². The number of aromatic amines is 1. The molecular formula is C26H22N4O3. The number of anilines is 1. The van der Waals surface area contributed by atoms with Crippen molar-refractivity contribution in [3.05, 3.63) is 87.8 Å². The van der Waals surface area contributed by atoms with Crippen molar-refractivity contribution in [1.29, 1.82) is 0 Å². The topological polar surface area (TPSA) is 80.7 Å². The highest BCUT2D eigenvalue weighted by Gasteiger charge is 2.19. The lowest BCUT2D eigenvalue weighted by molar-refractivity contribution is 0.174. The number of imidazole rings is 1. The van der Waals surface area contributed by atoms with Gasteiger partial charge in [-0.1, -0.05) is 30.3 Å². The van der Waals surface area contributed by atoms with Gasteiger partial charge in [-0.15, -0.1) is 0 Å². The van der Waals surface area contributed by atoms with E-state index in [2.05, 4.69) is 10.3 Å². The first-order chi connectivity index (χ1) is 16.1. The van der Waals surface area contributed by atoms with Gasteiger partial charge in [-0.25, -0.2) is 4.98 Å². The normalized spacial score (nSPS) is 12.5. The van der Waals surface area contributed by atoms with Gasteiger partial charge >= 0.3 is 0 Å². The SMILES string of the molecule is Cc1ccc2nc(-c3cc4cccc(C)c4[nH]c3=O)c(NCc3ccc4c(c3)OCO4)n2c1. The van der Waals surface area contributed by atoms with Crippen molar-refractivity contribution in [2.75, 3.05) is 12.1 Å². The molecular weight excluding hydrogens is 416 g/mol. The molecule has 5 aromatic rings. The molecule has 1 aliphatic heterocycles. The molecule has 6 rings (SSSR count). The summed E-state index contributed by atoms with van der Waals surface area (Å²) in [7, 11) is 0. The number of aryl methyl sites for hydroxylation is 2. The summed E-state index contributed by atoms with van der Waals surface area (Å²) in [5, 5.41) is 4.48. The van der Waals surface area contributed by atoms with Gasteiger partial charge in [-0.3, -0.25) is 9.20 Å². The monoisotopic (exact) mass is 438 g/mol. The Bertz CT molecular complexity index is 1600. The van der Waals surface area contributed by atoms with Crippen LogP contribution in [-0.4, -0.2) is 21.2 Å². The Kier molecular flexibility index (Phi) is 4.36. The van der Waals surface area contributed by atoms with E-state index in [0.29, 0.717) is 17.8 Å². The van der Waals surface area contributed by atoms with Crippen LogP contribution in [0.1, 0.15) is 16.7 Å². The van der Waals surface area contributed by atoms with Crippen molar-refractivity contribution in [3.63, 3.8) is 0 Å². The number of ether oxygens (including phenoxy) is 2. The summed E-state index contributed by atoms with van der Waals surface area (Å²) in [6.45, 7) is 4.80. The number of hydrogen-bond acceptors (Lipinski definition) is 5. The number of pyridine rings is 2. The highest BCUT2D eigenvalue weighted by molar-refractivity contribution is 5.87. The van der Waals surface area contributed by atoms with E-state index in [1.165, 1.54) is 0 Å². The zero-order valence-corrected chi connectivity index (χ0v) is 18.3. The summed E-state index contributed by atoms with van der Waals surface area (Å²) in [5.41, 5.74) is 5.77. The predicted molar refractivity (Wildman–Crippen MR) is 128 cm³/mol. The second kappa shape index (κ2) is 7.41. The first-order valence-electron chi connectivity index (χ1n) is 10.8. The largest absolute Gasteiger partial charge is 0.454 e. The minimum absolute atomic E-state index is 0.164. The summed E-state index contributed by atoms with van der Waals surface area (Å²) in [5.74, 6) is 2.26. The van der Waals surface area contributed by atoms with Gasteiger partial charge in [0.2, 0.25) is 6.79 Å². The number of rotatable bonds is 4. The number of nitrogens with zero attached hydrogens (tertiary/aromatic N) is 2. The van der Waals surface area contributed by atoms with E-state index in [1.807, 2.05) is 79.0 Å². The van der Waals surface area contributed by atoms with Crippen molar-refractivity contribution >= 4 is 22.4 Å². The van der Waals surface area contributed by atoms with Crippen molar-refractivity contribution < 1.29 is 9.47 Å². The molecule has 0 unspecified atom stereocenters. The summed E-state index contributed by atoms with van der Waals surface area (Å²) < 4.78 is 12.9. The van der Waals surface area contributed by atoms with Gasteiger partial charge in [0.1, 0.15) is 17.2 Å². The summed E-state index contributed by atoms with van der Waals surface area (Å²) in [6, 6.07) is 17.8. The Morgan fingerprint density at radius 1 is 1.06 bits per heavy atom. The minimum Gasteiger partial charge on any atom is -0.454 e. The Labute approximate surface area is 189 Å². The molecule has 0 radical (unpaired) electrons. The van der Waals surface area contributed by atoms with E-state index >= 15 is 0 Å². The zero-order valence-electron chi connectivity index (χ0n) is 18.3. The van der Waals surface area contributed by atoms with Gasteiger partial charge in [0.05, 0.1) is 11.1 Å². The van der Waals surface area contributed by atoms with Crippen LogP contribution in [0.2, 0.25) is 0 Å². The second-order valence-electron chi connectivity index (χ2n) is 8.34. The maximum atomic E-state index is 13.1. The Balaban J connectivity index is 1.47. The molecule has 0 amide bonds. The fourth-order valence-electron chi connectivity index (χ4n) is 4.30. The van der Waals surface area contributed by atoms with Crippen molar-refractivity contribution in [3.8, 4) is 22.8 Å². The lowest BCUT2D eigenvalue weighted by atomic mass is 10.1. The lowest BCUT2D eigenvalue weighted by Gasteiger charge is -2.10. The summed E-state index contributed by atoms with van der Waals surface area (Å²) in [4.78, 5) is 21.0. The number of fused-ring (bicyclic) bond motifs is 3. The molecule has 1 aliphatic rings. The standard InChI is InChI=1S/C26H22N4O3/c1-15-6-9-22-28-24(19-11-18-5-3-4-16(2)23(18)29-26(19)31)25(30(22)13-15)27-12-17-7-8-20-21(10-17)33-14-32-20/h3-11,13,27H,12,14H2,1-2H3,(H,29,31). The third-order valence-electron chi connectivity index (χ3n) is 6.01. The maximum absolute atomic E-state index is 13.1. The van der Waals surface area contributed by atoms with Crippen molar-refractivity contribution in [2.24, 2.45) is 0 Å². The molecule has 0 bridgehead atoms. The Morgan fingerprint density at radius 2 is 1.94 bits per heavy atom. The predicted octanol–water partition coefficient (Wildman–Crippen LogP) is 4.80. The smallest absolute Gasteiger partial charge is 0.258 e. The van der Waals surface area contributed by atoms with Crippen LogP contribution in [0.4, 0.5) is 5.82 Å². The maximum Gasteiger partial charge on any atom is 0.258 e. The van der Waals surface area contributed by atoms with Crippen molar-refractivity contribution in [2.45, 2.75) is 20.4 Å². The van der Waals surface area contributed by atoms with E-state index in [-0.39, 0.29) is 12.4 Å². The Morgan fingerprint density at radius 3 is 2.85 bits per heavy atom. The average Bonchev–Trinajstić information content (AvgIpc) is 3.41. The molecule has 0 saturated heterocycles. The molecule has 7 nitrogen and oxygen atoms in total. The van der Waals surface area contributed by atoms with E-state index in [0.717, 1.165) is 50.6 Å². The van der Waals surface area contributed by atoms with Crippen LogP contribution in [0, 0.1) is 13.8 Å². The molecule has 0 fully saturated rings. The highest BCUT2D eigenvalue weighted by atomic mass is 16.7. The molecule has 3 aromatic heterocycles. The van der Waals surface area contributed by atoms with Crippen LogP contribution in [0.15, 0.2) is 65.6 Å². The van der Waals surface area contributed by atoms with E-state index in [1.54, 1.807) is 0 Å². The van der Waals surface area contributed by atoms with Gasteiger partial charge in [0.25, 0.3) is 5.56 Å². The number of H-pyrrole nitrogens is 1. The zero-order chi connectivity index (χ0) is 22.5. The molecule has 0 aliphatic carbocycles. The first-order valence-corrected chi connectivity index (χ1v) is 10.8. The lowest BCUT2D eigenvalue weighted by Crippen LogP contribution is -2.11. The van der Waals surface area contributed by atoms with Gasteiger partial charge in [0, 0.05) is 12.7 Å². The number of hydrogen-bond donors (Lipinski definition) is 2. The molecule has 2 N–H and O–H groups in total. The van der Waals surface area contributed by atoms with Gasteiger partial charge in [0.15, 0.2) is 11.5 Å². The van der Waals surface area contributed by atoms with Crippen LogP contribution in [0.3, 0.4) is 0 Å². The van der Waals surface area contributed by atoms with Gasteiger partial charge in [-0.05, 0) is 60.2 Å². The number of aromatic nitrogens is 3. The van der Waals surface area contributed by atoms with Crippen LogP contribution in [-0.2, 0) is 6.54 Å². The fraction of sp³-hybridized carbons (Fsp3) is 0.154. The van der Waals surface area contributed by atoms with Crippen LogP contribution >= 0.6 is 0 Å². The van der Waals surface area contributed by atoms with Gasteiger partial charge < -0.3 is 19.8 Å². The number of para-hydroxylation sites is 1. The third-order valence-corrected chi connectivity index (χ3v) is 6.01. The fourth-order valence-corrected chi connectivity index (χ4v) is 4.30. The molecule has 7 heteroatoms. The molecule has 2 aromatic carbocycles. The molecule has 0 saturated carbocycles. The van der Waals surface area contributed by atoms with Crippen LogP contribution in [0.25, 0.3) is 27.8 Å². The number of nitrogens with one attached hydrogen (secondary N) is 2. The van der Waals surface area contributed by atoms with Crippen molar-refractivity contribution in [1.82, 2.24) is 14.4 Å². The highest BCUT2D eigenvalue weighted by Crippen LogP contribution is 2.34. The van der Waals surface area contributed by atoms with Crippen LogP contribution in [0.5, 0.6) is 11.5 Å². The molecule has 0 atom stereocenters. The average molecular weight is 438 g/mol. The quantitative estimate of drug-likeness (QED) is 0.421. The van der Waals surface area contributed by atoms with Gasteiger partial charge in [-0.2, -0.15) is 0 Å².